The van der Waals surface area contributed by atoms with Crippen LogP contribution in [0.15, 0.2) is 24.9 Å². The highest BCUT2D eigenvalue weighted by atomic mass is 35.5. The van der Waals surface area contributed by atoms with Crippen molar-refractivity contribution >= 4 is 24.5 Å². The monoisotopic (exact) mass is 284 g/mol. The molecule has 0 amide bonds. The van der Waals surface area contributed by atoms with Gasteiger partial charge in [0, 0.05) is 24.7 Å². The summed E-state index contributed by atoms with van der Waals surface area (Å²) >= 11 is 0. The first-order valence-corrected chi connectivity index (χ1v) is 5.80. The molecule has 0 unspecified atom stereocenters. The van der Waals surface area contributed by atoms with Crippen LogP contribution in [0.5, 0.6) is 5.88 Å². The standard InChI is InChI=1S/C13H16N2O3.ClH/c1-3-9-5-4-6-14-12(9)18-10-7-11(15-8-10)13(16)17-2;/h3-6,10-11,15H,1,7-8H2,2H3;1H/t10-,11+;/m1./s1. The summed E-state index contributed by atoms with van der Waals surface area (Å²) < 4.78 is 10.5. The second kappa shape index (κ2) is 7.11. The predicted octanol–water partition coefficient (Wildman–Crippen LogP) is 1.43. The molecule has 0 bridgehead atoms. The lowest BCUT2D eigenvalue weighted by Gasteiger charge is -2.13. The average molecular weight is 285 g/mol. The fraction of sp³-hybridized carbons (Fsp3) is 0.385. The zero-order valence-electron chi connectivity index (χ0n) is 10.7. The smallest absolute Gasteiger partial charge is 0.323 e. The maximum Gasteiger partial charge on any atom is 0.323 e. The molecule has 1 aliphatic rings. The third kappa shape index (κ3) is 3.68. The quantitative estimate of drug-likeness (QED) is 0.848. The van der Waals surface area contributed by atoms with Crippen molar-refractivity contribution in [3.63, 3.8) is 0 Å². The number of ether oxygens (including phenoxy) is 2. The molecule has 2 heterocycles. The molecule has 1 aromatic heterocycles. The summed E-state index contributed by atoms with van der Waals surface area (Å²) in [7, 11) is 1.38. The van der Waals surface area contributed by atoms with Crippen molar-refractivity contribution in [2.45, 2.75) is 18.6 Å². The normalized spacial score (nSPS) is 21.3. The lowest BCUT2D eigenvalue weighted by atomic mass is 10.2. The molecule has 1 saturated heterocycles. The van der Waals surface area contributed by atoms with Gasteiger partial charge in [-0.1, -0.05) is 12.7 Å². The minimum Gasteiger partial charge on any atom is -0.472 e. The van der Waals surface area contributed by atoms with Gasteiger partial charge < -0.3 is 14.8 Å². The number of carbonyl (C=O) groups excluding carboxylic acids is 1. The first-order chi connectivity index (χ1) is 8.74. The van der Waals surface area contributed by atoms with E-state index in [-0.39, 0.29) is 30.5 Å². The van der Waals surface area contributed by atoms with E-state index in [0.717, 1.165) is 5.56 Å². The number of rotatable bonds is 4. The Bertz CT molecular complexity index is 453. The Morgan fingerprint density at radius 2 is 2.42 bits per heavy atom. The molecule has 2 atom stereocenters. The van der Waals surface area contributed by atoms with Crippen molar-refractivity contribution in [1.82, 2.24) is 10.3 Å². The second-order valence-electron chi connectivity index (χ2n) is 4.06. The minimum atomic E-state index is -0.295. The van der Waals surface area contributed by atoms with Gasteiger partial charge in [0.15, 0.2) is 0 Å². The molecule has 19 heavy (non-hydrogen) atoms. The van der Waals surface area contributed by atoms with Crippen LogP contribution in [0.1, 0.15) is 12.0 Å². The molecule has 0 aliphatic carbocycles. The third-order valence-corrected chi connectivity index (χ3v) is 2.88. The first-order valence-electron chi connectivity index (χ1n) is 5.80. The molecule has 1 aromatic rings. The summed E-state index contributed by atoms with van der Waals surface area (Å²) in [6.45, 7) is 4.32. The summed E-state index contributed by atoms with van der Waals surface area (Å²) in [4.78, 5) is 15.5. The molecular formula is C13H17ClN2O3. The van der Waals surface area contributed by atoms with E-state index in [1.165, 1.54) is 7.11 Å². The van der Waals surface area contributed by atoms with Gasteiger partial charge in [-0.05, 0) is 12.1 Å². The fourth-order valence-corrected chi connectivity index (χ4v) is 1.93. The van der Waals surface area contributed by atoms with Crippen LogP contribution in [0.3, 0.4) is 0 Å². The molecule has 6 heteroatoms. The van der Waals surface area contributed by atoms with E-state index < -0.39 is 0 Å². The molecule has 2 rings (SSSR count). The zero-order chi connectivity index (χ0) is 13.0. The van der Waals surface area contributed by atoms with Gasteiger partial charge in [0.05, 0.1) is 7.11 Å². The molecule has 104 valence electrons. The van der Waals surface area contributed by atoms with Crippen molar-refractivity contribution < 1.29 is 14.3 Å². The Balaban J connectivity index is 0.00000180. The number of methoxy groups -OCH3 is 1. The molecule has 0 saturated carbocycles. The van der Waals surface area contributed by atoms with E-state index in [1.54, 1.807) is 12.3 Å². The number of aromatic nitrogens is 1. The number of nitrogens with one attached hydrogen (secondary N) is 1. The first kappa shape index (κ1) is 15.5. The minimum absolute atomic E-state index is 0. The Hall–Kier alpha value is -1.59. The molecule has 0 radical (unpaired) electrons. The largest absolute Gasteiger partial charge is 0.472 e. The highest BCUT2D eigenvalue weighted by Gasteiger charge is 2.31. The van der Waals surface area contributed by atoms with Crippen LogP contribution < -0.4 is 10.1 Å². The molecular weight excluding hydrogens is 268 g/mol. The fourth-order valence-electron chi connectivity index (χ4n) is 1.93. The van der Waals surface area contributed by atoms with Gasteiger partial charge in [-0.2, -0.15) is 0 Å². The summed E-state index contributed by atoms with van der Waals surface area (Å²) in [5.74, 6) is 0.288. The maximum absolute atomic E-state index is 11.4. The highest BCUT2D eigenvalue weighted by Crippen LogP contribution is 2.20. The van der Waals surface area contributed by atoms with Crippen molar-refractivity contribution in [2.24, 2.45) is 0 Å². The van der Waals surface area contributed by atoms with E-state index in [2.05, 4.69) is 21.6 Å². The van der Waals surface area contributed by atoms with E-state index >= 15 is 0 Å². The van der Waals surface area contributed by atoms with E-state index in [0.29, 0.717) is 18.8 Å². The molecule has 5 nitrogen and oxygen atoms in total. The van der Waals surface area contributed by atoms with Crippen LogP contribution in [0.2, 0.25) is 0 Å². The van der Waals surface area contributed by atoms with Crippen LogP contribution in [0.25, 0.3) is 6.08 Å². The van der Waals surface area contributed by atoms with Crippen LogP contribution in [-0.2, 0) is 9.53 Å². The van der Waals surface area contributed by atoms with Crippen LogP contribution >= 0.6 is 12.4 Å². The van der Waals surface area contributed by atoms with Crippen LogP contribution in [0.4, 0.5) is 0 Å². The van der Waals surface area contributed by atoms with Crippen molar-refractivity contribution in [1.29, 1.82) is 0 Å². The Kier molecular flexibility index (Phi) is 5.79. The van der Waals surface area contributed by atoms with Gasteiger partial charge in [0.2, 0.25) is 5.88 Å². The molecule has 1 fully saturated rings. The lowest BCUT2D eigenvalue weighted by molar-refractivity contribution is -0.142. The van der Waals surface area contributed by atoms with Gasteiger partial charge in [-0.25, -0.2) is 4.98 Å². The van der Waals surface area contributed by atoms with E-state index in [1.807, 2.05) is 12.1 Å². The van der Waals surface area contributed by atoms with Gasteiger partial charge in [-0.3, -0.25) is 4.79 Å². The summed E-state index contributed by atoms with van der Waals surface area (Å²) in [6.07, 6.45) is 3.87. The van der Waals surface area contributed by atoms with Crippen molar-refractivity contribution in [3.8, 4) is 5.88 Å². The number of halogens is 1. The predicted molar refractivity (Wildman–Crippen MR) is 74.4 cm³/mol. The molecule has 0 spiro atoms. The number of carbonyl (C=O) groups is 1. The highest BCUT2D eigenvalue weighted by molar-refractivity contribution is 5.85. The van der Waals surface area contributed by atoms with Gasteiger partial charge in [0.25, 0.3) is 0 Å². The summed E-state index contributed by atoms with van der Waals surface area (Å²) in [5, 5.41) is 3.06. The maximum atomic E-state index is 11.4. The summed E-state index contributed by atoms with van der Waals surface area (Å²) in [5.41, 5.74) is 0.846. The van der Waals surface area contributed by atoms with Crippen LogP contribution in [0, 0.1) is 0 Å². The average Bonchev–Trinajstić information content (AvgIpc) is 2.87. The number of nitrogens with zero attached hydrogens (tertiary/aromatic N) is 1. The Labute approximate surface area is 118 Å². The second-order valence-corrected chi connectivity index (χ2v) is 4.06. The molecule has 1 aliphatic heterocycles. The lowest BCUT2D eigenvalue weighted by Crippen LogP contribution is -2.31. The SMILES string of the molecule is C=Cc1cccnc1O[C@H]1CN[C@H](C(=O)OC)C1.Cl. The molecule has 0 aromatic carbocycles. The Morgan fingerprint density at radius 3 is 3.11 bits per heavy atom. The van der Waals surface area contributed by atoms with Gasteiger partial charge >= 0.3 is 5.97 Å². The number of hydrogen-bond acceptors (Lipinski definition) is 5. The summed E-state index contributed by atoms with van der Waals surface area (Å²) in [6, 6.07) is 3.42. The third-order valence-electron chi connectivity index (χ3n) is 2.88. The van der Waals surface area contributed by atoms with E-state index in [4.69, 9.17) is 4.74 Å². The van der Waals surface area contributed by atoms with Crippen molar-refractivity contribution in [3.05, 3.63) is 30.5 Å². The zero-order valence-corrected chi connectivity index (χ0v) is 11.5. The van der Waals surface area contributed by atoms with Gasteiger partial charge in [-0.15, -0.1) is 12.4 Å². The number of pyridine rings is 1. The Morgan fingerprint density at radius 1 is 1.63 bits per heavy atom. The van der Waals surface area contributed by atoms with Crippen LogP contribution in [-0.4, -0.2) is 36.8 Å². The van der Waals surface area contributed by atoms with E-state index in [9.17, 15) is 4.79 Å². The topological polar surface area (TPSA) is 60.5 Å². The number of hydrogen-bond donors (Lipinski definition) is 1. The van der Waals surface area contributed by atoms with Gasteiger partial charge in [0.1, 0.15) is 12.1 Å². The van der Waals surface area contributed by atoms with Crippen molar-refractivity contribution in [2.75, 3.05) is 13.7 Å². The number of esters is 1. The molecule has 1 N–H and O–H groups in total.